The quantitative estimate of drug-likeness (QED) is 0.864. The molecule has 3 nitrogen and oxygen atoms in total. The van der Waals surface area contributed by atoms with E-state index in [1.807, 2.05) is 24.1 Å². The highest BCUT2D eigenvalue weighted by Crippen LogP contribution is 2.40. The molecule has 1 atom stereocenters. The fourth-order valence-corrected chi connectivity index (χ4v) is 4.49. The summed E-state index contributed by atoms with van der Waals surface area (Å²) in [7, 11) is 1.87. The van der Waals surface area contributed by atoms with Crippen molar-refractivity contribution in [3.8, 4) is 0 Å². The molecule has 2 aromatic rings. The highest BCUT2D eigenvalue weighted by atomic mass is 32.2. The van der Waals surface area contributed by atoms with Gasteiger partial charge in [-0.05, 0) is 18.1 Å². The smallest absolute Gasteiger partial charge is 0.231 e. The molecule has 5 heteroatoms. The van der Waals surface area contributed by atoms with Crippen LogP contribution in [0.4, 0.5) is 0 Å². The number of aromatic nitrogens is 1. The van der Waals surface area contributed by atoms with Crippen molar-refractivity contribution >= 4 is 29.0 Å². The van der Waals surface area contributed by atoms with Gasteiger partial charge in [-0.15, -0.1) is 23.1 Å². The molecule has 0 saturated heterocycles. The summed E-state index contributed by atoms with van der Waals surface area (Å²) >= 11 is 3.45. The fourth-order valence-electron chi connectivity index (χ4n) is 2.54. The second-order valence-electron chi connectivity index (χ2n) is 5.18. The Hall–Kier alpha value is -1.33. The number of carbonyl (C=O) groups excluding carboxylic acids is 1. The zero-order valence-electron chi connectivity index (χ0n) is 12.2. The minimum Gasteiger partial charge on any atom is -0.339 e. The van der Waals surface area contributed by atoms with Gasteiger partial charge >= 0.3 is 0 Å². The van der Waals surface area contributed by atoms with Crippen molar-refractivity contribution in [3.63, 3.8) is 0 Å². The van der Waals surface area contributed by atoms with E-state index in [4.69, 9.17) is 0 Å². The number of likely N-dealkylation sites (N-methyl/N-ethyl adjacent to an activating group) is 1. The van der Waals surface area contributed by atoms with Crippen molar-refractivity contribution in [2.75, 3.05) is 12.8 Å². The van der Waals surface area contributed by atoms with Crippen LogP contribution in [0, 0.1) is 0 Å². The number of fused-ring (bicyclic) bond motifs is 1. The van der Waals surface area contributed by atoms with E-state index in [-0.39, 0.29) is 11.8 Å². The summed E-state index contributed by atoms with van der Waals surface area (Å²) in [4.78, 5) is 20.3. The summed E-state index contributed by atoms with van der Waals surface area (Å²) in [6.45, 7) is 2.70. The van der Waals surface area contributed by atoms with E-state index < -0.39 is 0 Å². The highest BCUT2D eigenvalue weighted by molar-refractivity contribution is 7.99. The number of thioether (sulfide) groups is 1. The lowest BCUT2D eigenvalue weighted by molar-refractivity contribution is -0.131. The largest absolute Gasteiger partial charge is 0.339 e. The molecule has 21 heavy (non-hydrogen) atoms. The first kappa shape index (κ1) is 14.6. The van der Waals surface area contributed by atoms with Crippen LogP contribution >= 0.6 is 23.1 Å². The average Bonchev–Trinajstić information content (AvgIpc) is 3.12. The second-order valence-corrected chi connectivity index (χ2v) is 7.19. The molecule has 1 aliphatic heterocycles. The Morgan fingerprint density at radius 3 is 3.00 bits per heavy atom. The van der Waals surface area contributed by atoms with Gasteiger partial charge in [0.2, 0.25) is 5.91 Å². The maximum atomic E-state index is 12.7. The van der Waals surface area contributed by atoms with Gasteiger partial charge in [-0.1, -0.05) is 25.1 Å². The van der Waals surface area contributed by atoms with E-state index in [9.17, 15) is 4.79 Å². The van der Waals surface area contributed by atoms with Gasteiger partial charge in [0.15, 0.2) is 0 Å². The zero-order chi connectivity index (χ0) is 14.8. The maximum Gasteiger partial charge on any atom is 0.231 e. The van der Waals surface area contributed by atoms with Crippen molar-refractivity contribution in [3.05, 3.63) is 45.9 Å². The van der Waals surface area contributed by atoms with E-state index in [1.165, 1.54) is 10.5 Å². The second kappa shape index (κ2) is 6.20. The lowest BCUT2D eigenvalue weighted by Gasteiger charge is -2.20. The van der Waals surface area contributed by atoms with Gasteiger partial charge in [0, 0.05) is 23.1 Å². The number of benzene rings is 1. The number of hydrogen-bond acceptors (Lipinski definition) is 4. The van der Waals surface area contributed by atoms with Crippen LogP contribution in [0.3, 0.4) is 0 Å². The van der Waals surface area contributed by atoms with E-state index in [0.717, 1.165) is 22.9 Å². The molecule has 110 valence electrons. The van der Waals surface area contributed by atoms with Crippen LogP contribution in [0.1, 0.15) is 29.1 Å². The van der Waals surface area contributed by atoms with Crippen molar-refractivity contribution in [1.82, 2.24) is 9.88 Å². The molecule has 0 radical (unpaired) electrons. The molecule has 3 rings (SSSR count). The predicted octanol–water partition coefficient (Wildman–Crippen LogP) is 3.55. The summed E-state index contributed by atoms with van der Waals surface area (Å²) in [5.41, 5.74) is 2.17. The lowest BCUT2D eigenvalue weighted by atomic mass is 10.00. The van der Waals surface area contributed by atoms with Gasteiger partial charge in [0.05, 0.1) is 23.2 Å². The Kier molecular flexibility index (Phi) is 4.31. The lowest BCUT2D eigenvalue weighted by Crippen LogP contribution is -2.31. The van der Waals surface area contributed by atoms with Gasteiger partial charge < -0.3 is 4.90 Å². The third-order valence-electron chi connectivity index (χ3n) is 3.68. The Labute approximate surface area is 133 Å². The van der Waals surface area contributed by atoms with E-state index in [0.29, 0.717) is 6.54 Å². The van der Waals surface area contributed by atoms with Gasteiger partial charge in [-0.2, -0.15) is 0 Å². The molecule has 2 heterocycles. The standard InChI is InChI=1S/C16H18N2OS2/c1-3-15-17-11(9-21-15)8-18(2)16(19)13-10-20-14-7-5-4-6-12(13)14/h4-7,9,13H,3,8,10H2,1-2H3/t13-/m1/s1. The van der Waals surface area contributed by atoms with Crippen molar-refractivity contribution in [2.45, 2.75) is 30.7 Å². The highest BCUT2D eigenvalue weighted by Gasteiger charge is 2.31. The van der Waals surface area contributed by atoms with Crippen molar-refractivity contribution in [2.24, 2.45) is 0 Å². The van der Waals surface area contributed by atoms with Crippen LogP contribution < -0.4 is 0 Å². The van der Waals surface area contributed by atoms with Crippen molar-refractivity contribution in [1.29, 1.82) is 0 Å². The molecule has 1 aromatic carbocycles. The molecule has 0 unspecified atom stereocenters. The summed E-state index contributed by atoms with van der Waals surface area (Å²) in [5.74, 6) is 1.03. The van der Waals surface area contributed by atoms with Crippen LogP contribution in [0.2, 0.25) is 0 Å². The van der Waals surface area contributed by atoms with E-state index in [1.54, 1.807) is 23.1 Å². The molecule has 0 fully saturated rings. The SMILES string of the molecule is CCc1nc(CN(C)C(=O)[C@@H]2CSc3ccccc32)cs1. The fraction of sp³-hybridized carbons (Fsp3) is 0.375. The van der Waals surface area contributed by atoms with E-state index in [2.05, 4.69) is 29.4 Å². The van der Waals surface area contributed by atoms with E-state index >= 15 is 0 Å². The normalized spacial score (nSPS) is 16.8. The summed E-state index contributed by atoms with van der Waals surface area (Å²) in [6.07, 6.45) is 0.953. The third kappa shape index (κ3) is 2.99. The Morgan fingerprint density at radius 2 is 2.24 bits per heavy atom. The molecule has 0 bridgehead atoms. The number of rotatable bonds is 4. The molecule has 1 aromatic heterocycles. The topological polar surface area (TPSA) is 33.2 Å². The van der Waals surface area contributed by atoms with Crippen LogP contribution in [-0.4, -0.2) is 28.6 Å². The number of amides is 1. The molecule has 1 aliphatic rings. The van der Waals surface area contributed by atoms with Crippen LogP contribution in [-0.2, 0) is 17.8 Å². The Morgan fingerprint density at radius 1 is 1.43 bits per heavy atom. The summed E-state index contributed by atoms with van der Waals surface area (Å²) in [5, 5.41) is 3.19. The molecular formula is C16H18N2OS2. The van der Waals surface area contributed by atoms with Crippen molar-refractivity contribution < 1.29 is 4.79 Å². The number of hydrogen-bond donors (Lipinski definition) is 0. The first-order chi connectivity index (χ1) is 10.2. The number of carbonyl (C=O) groups is 1. The first-order valence-corrected chi connectivity index (χ1v) is 8.95. The number of thiazole rings is 1. The molecular weight excluding hydrogens is 300 g/mol. The van der Waals surface area contributed by atoms with Gasteiger partial charge in [-0.3, -0.25) is 4.79 Å². The Balaban J connectivity index is 1.71. The monoisotopic (exact) mass is 318 g/mol. The Bertz CT molecular complexity index is 653. The molecule has 0 saturated carbocycles. The molecule has 1 amide bonds. The third-order valence-corrected chi connectivity index (χ3v) is 5.90. The predicted molar refractivity (Wildman–Crippen MR) is 87.9 cm³/mol. The van der Waals surface area contributed by atoms with Gasteiger partial charge in [0.25, 0.3) is 0 Å². The van der Waals surface area contributed by atoms with Gasteiger partial charge in [-0.25, -0.2) is 4.98 Å². The minimum atomic E-state index is -0.0134. The summed E-state index contributed by atoms with van der Waals surface area (Å²) < 4.78 is 0. The number of nitrogens with zero attached hydrogens (tertiary/aromatic N) is 2. The zero-order valence-corrected chi connectivity index (χ0v) is 13.8. The van der Waals surface area contributed by atoms with Crippen LogP contribution in [0.5, 0.6) is 0 Å². The summed E-state index contributed by atoms with van der Waals surface area (Å²) in [6, 6.07) is 8.22. The average molecular weight is 318 g/mol. The van der Waals surface area contributed by atoms with Crippen LogP contribution in [0.15, 0.2) is 34.5 Å². The van der Waals surface area contributed by atoms with Crippen LogP contribution in [0.25, 0.3) is 0 Å². The number of aryl methyl sites for hydroxylation is 1. The first-order valence-electron chi connectivity index (χ1n) is 7.09. The molecule has 0 spiro atoms. The maximum absolute atomic E-state index is 12.7. The minimum absolute atomic E-state index is 0.0134. The molecule has 0 N–H and O–H groups in total. The molecule has 0 aliphatic carbocycles. The van der Waals surface area contributed by atoms with Gasteiger partial charge in [0.1, 0.15) is 0 Å².